The Morgan fingerprint density at radius 2 is 2.11 bits per heavy atom. The van der Waals surface area contributed by atoms with E-state index in [1.165, 1.54) is 10.9 Å². The van der Waals surface area contributed by atoms with Gasteiger partial charge in [0.1, 0.15) is 11.6 Å². The number of aliphatic carboxylic acids is 1. The molecule has 0 saturated heterocycles. The Labute approximate surface area is 169 Å². The second kappa shape index (κ2) is 8.35. The second-order valence-corrected chi connectivity index (χ2v) is 7.32. The number of fused-ring (bicyclic) bond motifs is 1. The molecule has 0 unspecified atom stereocenters. The highest BCUT2D eigenvalue weighted by atomic mass is 79.9. The largest absolute Gasteiger partial charge is 0.482 e. The van der Waals surface area contributed by atoms with Crippen molar-refractivity contribution in [1.82, 2.24) is 9.66 Å². The number of carbonyl (C=O) groups is 1. The van der Waals surface area contributed by atoms with E-state index in [2.05, 4.69) is 26.0 Å². The summed E-state index contributed by atoms with van der Waals surface area (Å²) in [6.45, 7) is 3.46. The van der Waals surface area contributed by atoms with Gasteiger partial charge in [0.25, 0.3) is 5.56 Å². The first-order valence-corrected chi connectivity index (χ1v) is 9.35. The predicted octanol–water partition coefficient (Wildman–Crippen LogP) is 3.63. The average molecular weight is 444 g/mol. The number of ether oxygens (including phenoxy) is 1. The van der Waals surface area contributed by atoms with Crippen molar-refractivity contribution in [3.05, 3.63) is 68.7 Å². The molecular weight excluding hydrogens is 426 g/mol. The van der Waals surface area contributed by atoms with Crippen molar-refractivity contribution in [2.45, 2.75) is 19.8 Å². The zero-order chi connectivity index (χ0) is 20.3. The molecule has 8 heteroatoms. The fourth-order valence-corrected chi connectivity index (χ4v) is 2.97. The molecule has 7 nitrogen and oxygen atoms in total. The molecule has 0 atom stereocenters. The number of halogens is 1. The Morgan fingerprint density at radius 3 is 2.82 bits per heavy atom. The highest BCUT2D eigenvalue weighted by Crippen LogP contribution is 2.19. The van der Waals surface area contributed by atoms with Crippen molar-refractivity contribution in [2.75, 3.05) is 6.61 Å². The fraction of sp³-hybridized carbons (Fsp3) is 0.200. The maximum absolute atomic E-state index is 13.0. The summed E-state index contributed by atoms with van der Waals surface area (Å²) in [6.07, 6.45) is 1.52. The van der Waals surface area contributed by atoms with Gasteiger partial charge in [0, 0.05) is 10.4 Å². The van der Waals surface area contributed by atoms with E-state index in [9.17, 15) is 9.59 Å². The van der Waals surface area contributed by atoms with E-state index in [4.69, 9.17) is 9.84 Å². The van der Waals surface area contributed by atoms with Gasteiger partial charge in [-0.15, -0.1) is 0 Å². The molecule has 0 fully saturated rings. The topological polar surface area (TPSA) is 93.8 Å². The van der Waals surface area contributed by atoms with Crippen LogP contribution in [0.2, 0.25) is 0 Å². The number of benzene rings is 2. The summed E-state index contributed by atoms with van der Waals surface area (Å²) < 4.78 is 7.25. The van der Waals surface area contributed by atoms with Gasteiger partial charge in [-0.2, -0.15) is 9.78 Å². The molecule has 0 amide bonds. The van der Waals surface area contributed by atoms with Crippen molar-refractivity contribution in [3.8, 4) is 5.75 Å². The molecule has 0 saturated carbocycles. The fourth-order valence-electron chi connectivity index (χ4n) is 2.61. The molecule has 0 bridgehead atoms. The first-order chi connectivity index (χ1) is 13.3. The Bertz CT molecular complexity index is 1120. The molecule has 0 aliphatic carbocycles. The third-order valence-corrected chi connectivity index (χ3v) is 4.39. The summed E-state index contributed by atoms with van der Waals surface area (Å²) >= 11 is 3.38. The molecule has 2 aromatic carbocycles. The lowest BCUT2D eigenvalue weighted by Gasteiger charge is -2.12. The van der Waals surface area contributed by atoms with Crippen molar-refractivity contribution in [2.24, 2.45) is 5.10 Å². The van der Waals surface area contributed by atoms with Crippen LogP contribution in [0.15, 0.2) is 56.8 Å². The number of nitrogens with zero attached hydrogens (tertiary/aromatic N) is 3. The zero-order valence-corrected chi connectivity index (χ0v) is 16.9. The molecule has 3 aromatic rings. The van der Waals surface area contributed by atoms with Crippen LogP contribution in [0.1, 0.15) is 31.2 Å². The van der Waals surface area contributed by atoms with Crippen molar-refractivity contribution >= 4 is 39.0 Å². The van der Waals surface area contributed by atoms with Crippen LogP contribution >= 0.6 is 15.9 Å². The minimum absolute atomic E-state index is 0.0110. The molecule has 0 spiro atoms. The third-order valence-electron chi connectivity index (χ3n) is 3.89. The summed E-state index contributed by atoms with van der Waals surface area (Å²) in [5.41, 5.74) is 1.02. The highest BCUT2D eigenvalue weighted by molar-refractivity contribution is 9.10. The average Bonchev–Trinajstić information content (AvgIpc) is 2.66. The predicted molar refractivity (Wildman–Crippen MR) is 110 cm³/mol. The summed E-state index contributed by atoms with van der Waals surface area (Å²) in [5.74, 6) is -0.110. The minimum atomic E-state index is -1.06. The van der Waals surface area contributed by atoms with Gasteiger partial charge in [0.15, 0.2) is 6.61 Å². The van der Waals surface area contributed by atoms with Crippen LogP contribution in [0.4, 0.5) is 0 Å². The lowest BCUT2D eigenvalue weighted by Crippen LogP contribution is -2.23. The summed E-state index contributed by atoms with van der Waals surface area (Å²) in [6, 6.07) is 12.2. The minimum Gasteiger partial charge on any atom is -0.482 e. The molecule has 0 aliphatic rings. The number of carboxylic acids is 1. The number of aromatic nitrogens is 2. The smallest absolute Gasteiger partial charge is 0.341 e. The van der Waals surface area contributed by atoms with Gasteiger partial charge in [-0.1, -0.05) is 41.9 Å². The normalized spacial score (nSPS) is 11.4. The van der Waals surface area contributed by atoms with Gasteiger partial charge in [0.2, 0.25) is 0 Å². The Balaban J connectivity index is 2.02. The monoisotopic (exact) mass is 443 g/mol. The molecule has 1 N–H and O–H groups in total. The number of hydrogen-bond acceptors (Lipinski definition) is 5. The maximum Gasteiger partial charge on any atom is 0.341 e. The van der Waals surface area contributed by atoms with E-state index in [0.29, 0.717) is 28.0 Å². The SMILES string of the molecule is CC(C)c1nc2ccc(Br)cc2c(=O)n1N=Cc1cccc(OCC(=O)O)c1. The Hall–Kier alpha value is -3.00. The van der Waals surface area contributed by atoms with E-state index in [1.807, 2.05) is 19.9 Å². The molecule has 28 heavy (non-hydrogen) atoms. The molecule has 3 rings (SSSR count). The van der Waals surface area contributed by atoms with Gasteiger partial charge in [-0.3, -0.25) is 4.79 Å². The lowest BCUT2D eigenvalue weighted by molar-refractivity contribution is -0.139. The molecule has 1 aromatic heterocycles. The number of rotatable bonds is 6. The molecule has 1 heterocycles. The third kappa shape index (κ3) is 4.45. The van der Waals surface area contributed by atoms with Crippen molar-refractivity contribution < 1.29 is 14.6 Å². The van der Waals surface area contributed by atoms with Gasteiger partial charge < -0.3 is 9.84 Å². The summed E-state index contributed by atoms with van der Waals surface area (Å²) in [4.78, 5) is 28.2. The molecule has 0 aliphatic heterocycles. The molecule has 0 radical (unpaired) electrons. The van der Waals surface area contributed by atoms with Crippen LogP contribution in [0.3, 0.4) is 0 Å². The molecular formula is C20H18BrN3O4. The quantitative estimate of drug-likeness (QED) is 0.587. The van der Waals surface area contributed by atoms with Crippen molar-refractivity contribution in [3.63, 3.8) is 0 Å². The standard InChI is InChI=1S/C20H18BrN3O4/c1-12(2)19-23-17-7-6-14(21)9-16(17)20(27)24(19)22-10-13-4-3-5-15(8-13)28-11-18(25)26/h3-10,12H,11H2,1-2H3,(H,25,26). The van der Waals surface area contributed by atoms with Gasteiger partial charge in [0.05, 0.1) is 17.1 Å². The van der Waals surface area contributed by atoms with Crippen LogP contribution in [0.25, 0.3) is 10.9 Å². The van der Waals surface area contributed by atoms with Crippen LogP contribution in [0, 0.1) is 0 Å². The number of carboxylic acid groups (broad SMARTS) is 1. The van der Waals surface area contributed by atoms with Crippen LogP contribution in [-0.4, -0.2) is 33.6 Å². The van der Waals surface area contributed by atoms with E-state index in [1.54, 1.807) is 36.4 Å². The number of hydrogen-bond donors (Lipinski definition) is 1. The van der Waals surface area contributed by atoms with Crippen LogP contribution < -0.4 is 10.3 Å². The second-order valence-electron chi connectivity index (χ2n) is 6.40. The van der Waals surface area contributed by atoms with Gasteiger partial charge in [-0.05, 0) is 35.9 Å². The lowest BCUT2D eigenvalue weighted by atomic mass is 10.2. The summed E-state index contributed by atoms with van der Waals surface area (Å²) in [5, 5.41) is 13.5. The van der Waals surface area contributed by atoms with Gasteiger partial charge in [-0.25, -0.2) is 9.78 Å². The maximum atomic E-state index is 13.0. The first kappa shape index (κ1) is 19.8. The Morgan fingerprint density at radius 1 is 1.32 bits per heavy atom. The highest BCUT2D eigenvalue weighted by Gasteiger charge is 2.13. The molecule has 144 valence electrons. The zero-order valence-electron chi connectivity index (χ0n) is 15.3. The van der Waals surface area contributed by atoms with E-state index in [-0.39, 0.29) is 11.5 Å². The Kier molecular flexibility index (Phi) is 5.89. The first-order valence-electron chi connectivity index (χ1n) is 8.56. The van der Waals surface area contributed by atoms with E-state index < -0.39 is 12.6 Å². The van der Waals surface area contributed by atoms with E-state index in [0.717, 1.165) is 4.47 Å². The van der Waals surface area contributed by atoms with Gasteiger partial charge >= 0.3 is 5.97 Å². The van der Waals surface area contributed by atoms with Crippen LogP contribution in [0.5, 0.6) is 5.75 Å². The summed E-state index contributed by atoms with van der Waals surface area (Å²) in [7, 11) is 0. The van der Waals surface area contributed by atoms with E-state index >= 15 is 0 Å². The van der Waals surface area contributed by atoms with Crippen LogP contribution in [-0.2, 0) is 4.79 Å². The van der Waals surface area contributed by atoms with Crippen molar-refractivity contribution in [1.29, 1.82) is 0 Å².